The number of carbonyl (C=O) groups is 1. The van der Waals surface area contributed by atoms with Gasteiger partial charge >= 0.3 is 0 Å². The Labute approximate surface area is 176 Å². The monoisotopic (exact) mass is 422 g/mol. The van der Waals surface area contributed by atoms with E-state index in [9.17, 15) is 9.18 Å². The molecule has 2 aliphatic rings. The third-order valence-electron chi connectivity index (χ3n) is 5.62. The van der Waals surface area contributed by atoms with Gasteiger partial charge in [0.25, 0.3) is 0 Å². The van der Waals surface area contributed by atoms with Crippen LogP contribution in [0, 0.1) is 11.7 Å². The average molecular weight is 423 g/mol. The minimum Gasteiger partial charge on any atom is -0.359 e. The van der Waals surface area contributed by atoms with Crippen molar-refractivity contribution in [3.05, 3.63) is 41.9 Å². The van der Waals surface area contributed by atoms with Gasteiger partial charge in [-0.1, -0.05) is 5.16 Å². The molecule has 1 amide bonds. The van der Waals surface area contributed by atoms with Crippen molar-refractivity contribution in [2.45, 2.75) is 38.3 Å². The molecule has 29 heavy (non-hydrogen) atoms. The molecule has 6 nitrogen and oxygen atoms in total. The first kappa shape index (κ1) is 21.7. The second-order valence-electron chi connectivity index (χ2n) is 7.82. The number of aromatic nitrogens is 1. The first-order chi connectivity index (χ1) is 13.7. The number of piperidine rings is 1. The highest BCUT2D eigenvalue weighted by atomic mass is 35.5. The van der Waals surface area contributed by atoms with E-state index in [1.54, 1.807) is 12.1 Å². The molecule has 158 valence electrons. The third-order valence-corrected chi connectivity index (χ3v) is 5.62. The molecule has 2 aromatic rings. The largest absolute Gasteiger partial charge is 0.359 e. The fourth-order valence-electron chi connectivity index (χ4n) is 4.10. The summed E-state index contributed by atoms with van der Waals surface area (Å²) in [4.78, 5) is 14.5. The van der Waals surface area contributed by atoms with Gasteiger partial charge in [-0.05, 0) is 69.0 Å². The fraction of sp³-hybridized carbons (Fsp3) is 0.524. The SMILES string of the molecule is Cl.O=C(NCC1CCCN(Cc2cc(-c3ccc(F)cc3)no2)C1)C1CCCN1. The first-order valence-corrected chi connectivity index (χ1v) is 10.1. The zero-order valence-electron chi connectivity index (χ0n) is 16.4. The molecule has 2 fully saturated rings. The smallest absolute Gasteiger partial charge is 0.237 e. The first-order valence-electron chi connectivity index (χ1n) is 10.1. The summed E-state index contributed by atoms with van der Waals surface area (Å²) in [6.07, 6.45) is 4.25. The maximum absolute atomic E-state index is 13.1. The number of carbonyl (C=O) groups excluding carboxylic acids is 1. The molecule has 0 saturated carbocycles. The van der Waals surface area contributed by atoms with Crippen molar-refractivity contribution >= 4 is 18.3 Å². The van der Waals surface area contributed by atoms with Crippen molar-refractivity contribution in [1.82, 2.24) is 20.7 Å². The Kier molecular flexibility index (Phi) is 7.64. The average Bonchev–Trinajstić information content (AvgIpc) is 3.39. The van der Waals surface area contributed by atoms with Gasteiger partial charge in [0.1, 0.15) is 11.5 Å². The summed E-state index contributed by atoms with van der Waals surface area (Å²) in [6.45, 7) is 4.31. The van der Waals surface area contributed by atoms with Gasteiger partial charge in [-0.2, -0.15) is 0 Å². The molecule has 0 bridgehead atoms. The number of nitrogens with one attached hydrogen (secondary N) is 2. The summed E-state index contributed by atoms with van der Waals surface area (Å²) in [5.74, 6) is 1.13. The van der Waals surface area contributed by atoms with E-state index < -0.39 is 0 Å². The van der Waals surface area contributed by atoms with Gasteiger partial charge in [0, 0.05) is 24.7 Å². The topological polar surface area (TPSA) is 70.4 Å². The minimum atomic E-state index is -0.261. The van der Waals surface area contributed by atoms with Crippen LogP contribution in [0.3, 0.4) is 0 Å². The van der Waals surface area contributed by atoms with Crippen LogP contribution in [-0.4, -0.2) is 48.2 Å². The van der Waals surface area contributed by atoms with Gasteiger partial charge in [-0.15, -0.1) is 12.4 Å². The lowest BCUT2D eigenvalue weighted by Crippen LogP contribution is -2.45. The Hall–Kier alpha value is -1.96. The highest BCUT2D eigenvalue weighted by Crippen LogP contribution is 2.22. The highest BCUT2D eigenvalue weighted by Gasteiger charge is 2.25. The number of nitrogens with zero attached hydrogens (tertiary/aromatic N) is 2. The number of hydrogen-bond acceptors (Lipinski definition) is 5. The van der Waals surface area contributed by atoms with Crippen LogP contribution in [0.1, 0.15) is 31.4 Å². The summed E-state index contributed by atoms with van der Waals surface area (Å²) < 4.78 is 18.6. The van der Waals surface area contributed by atoms with Crippen molar-refractivity contribution in [3.8, 4) is 11.3 Å². The minimum absolute atomic E-state index is 0. The number of hydrogen-bond donors (Lipinski definition) is 2. The van der Waals surface area contributed by atoms with Crippen LogP contribution in [0.25, 0.3) is 11.3 Å². The van der Waals surface area contributed by atoms with Crippen molar-refractivity contribution in [1.29, 1.82) is 0 Å². The maximum Gasteiger partial charge on any atom is 0.237 e. The van der Waals surface area contributed by atoms with Gasteiger partial charge in [0.05, 0.1) is 12.6 Å². The van der Waals surface area contributed by atoms with Gasteiger partial charge in [0.15, 0.2) is 5.76 Å². The van der Waals surface area contributed by atoms with Gasteiger partial charge in [0.2, 0.25) is 5.91 Å². The van der Waals surface area contributed by atoms with Gasteiger partial charge in [-0.3, -0.25) is 9.69 Å². The zero-order valence-corrected chi connectivity index (χ0v) is 17.2. The quantitative estimate of drug-likeness (QED) is 0.748. The van der Waals surface area contributed by atoms with Crippen molar-refractivity contribution in [2.24, 2.45) is 5.92 Å². The Balaban J connectivity index is 0.00000240. The molecule has 2 aliphatic heterocycles. The van der Waals surface area contributed by atoms with E-state index >= 15 is 0 Å². The fourth-order valence-corrected chi connectivity index (χ4v) is 4.10. The normalized spacial score (nSPS) is 22.2. The van der Waals surface area contributed by atoms with E-state index in [1.165, 1.54) is 12.1 Å². The highest BCUT2D eigenvalue weighted by molar-refractivity contribution is 5.85. The van der Waals surface area contributed by atoms with E-state index in [1.807, 2.05) is 6.07 Å². The van der Waals surface area contributed by atoms with Crippen LogP contribution in [0.4, 0.5) is 4.39 Å². The van der Waals surface area contributed by atoms with Crippen LogP contribution < -0.4 is 10.6 Å². The van der Waals surface area contributed by atoms with Crippen LogP contribution in [0.5, 0.6) is 0 Å². The van der Waals surface area contributed by atoms with Crippen molar-refractivity contribution in [3.63, 3.8) is 0 Å². The predicted octanol–water partition coefficient (Wildman–Crippen LogP) is 2.98. The second kappa shape index (κ2) is 10.2. The number of amides is 1. The Morgan fingerprint density at radius 3 is 2.86 bits per heavy atom. The number of likely N-dealkylation sites (tertiary alicyclic amines) is 1. The molecular weight excluding hydrogens is 395 g/mol. The molecule has 0 aliphatic carbocycles. The Morgan fingerprint density at radius 1 is 1.28 bits per heavy atom. The summed E-state index contributed by atoms with van der Waals surface area (Å²) in [7, 11) is 0. The molecular formula is C21H28ClFN4O2. The van der Waals surface area contributed by atoms with Crippen LogP contribution in [0.15, 0.2) is 34.9 Å². The molecule has 0 radical (unpaired) electrons. The molecule has 2 unspecified atom stereocenters. The Bertz CT molecular complexity index is 792. The molecule has 3 heterocycles. The zero-order chi connectivity index (χ0) is 19.3. The van der Waals surface area contributed by atoms with Crippen molar-refractivity contribution in [2.75, 3.05) is 26.2 Å². The van der Waals surface area contributed by atoms with Crippen LogP contribution in [0.2, 0.25) is 0 Å². The molecule has 0 spiro atoms. The summed E-state index contributed by atoms with van der Waals surface area (Å²) in [5.41, 5.74) is 1.57. The van der Waals surface area contributed by atoms with E-state index in [0.29, 0.717) is 12.5 Å². The lowest BCUT2D eigenvalue weighted by molar-refractivity contribution is -0.123. The molecule has 2 atom stereocenters. The van der Waals surface area contributed by atoms with E-state index in [-0.39, 0.29) is 30.2 Å². The van der Waals surface area contributed by atoms with Crippen LogP contribution in [-0.2, 0) is 11.3 Å². The molecule has 1 aromatic carbocycles. The standard InChI is InChI=1S/C21H27FN4O2.ClH/c22-17-7-5-16(6-8-17)20-11-18(28-25-20)14-26-10-2-3-15(13-26)12-24-21(27)19-4-1-9-23-19;/h5-8,11,15,19,23H,1-4,9-10,12-14H2,(H,24,27);1H. The number of rotatable bonds is 6. The molecule has 8 heteroatoms. The van der Waals surface area contributed by atoms with Crippen LogP contribution >= 0.6 is 12.4 Å². The van der Waals surface area contributed by atoms with E-state index in [2.05, 4.69) is 20.7 Å². The molecule has 2 saturated heterocycles. The third kappa shape index (κ3) is 5.78. The molecule has 4 rings (SSSR count). The lowest BCUT2D eigenvalue weighted by Gasteiger charge is -2.32. The molecule has 1 aromatic heterocycles. The second-order valence-corrected chi connectivity index (χ2v) is 7.82. The summed E-state index contributed by atoms with van der Waals surface area (Å²) in [6, 6.07) is 8.16. The van der Waals surface area contributed by atoms with E-state index in [0.717, 1.165) is 68.9 Å². The van der Waals surface area contributed by atoms with E-state index in [4.69, 9.17) is 4.52 Å². The molecule has 2 N–H and O–H groups in total. The van der Waals surface area contributed by atoms with Gasteiger partial charge < -0.3 is 15.2 Å². The summed E-state index contributed by atoms with van der Waals surface area (Å²) >= 11 is 0. The number of benzene rings is 1. The van der Waals surface area contributed by atoms with Gasteiger partial charge in [-0.25, -0.2) is 4.39 Å². The number of halogens is 2. The summed E-state index contributed by atoms with van der Waals surface area (Å²) in [5, 5.41) is 10.5. The Morgan fingerprint density at radius 2 is 2.10 bits per heavy atom. The van der Waals surface area contributed by atoms with Crippen molar-refractivity contribution < 1.29 is 13.7 Å². The lowest BCUT2D eigenvalue weighted by atomic mass is 9.97. The maximum atomic E-state index is 13.1. The predicted molar refractivity (Wildman–Crippen MR) is 111 cm³/mol.